The number of hydrogen-bond acceptors (Lipinski definition) is 3. The summed E-state index contributed by atoms with van der Waals surface area (Å²) in [6, 6.07) is 1.65. The summed E-state index contributed by atoms with van der Waals surface area (Å²) in [5.41, 5.74) is 5.75. The zero-order valence-corrected chi connectivity index (χ0v) is 12.8. The van der Waals surface area contributed by atoms with Gasteiger partial charge in [0, 0.05) is 10.9 Å². The van der Waals surface area contributed by atoms with Gasteiger partial charge in [-0.1, -0.05) is 25.4 Å². The second kappa shape index (κ2) is 5.69. The SMILES string of the molecule is CC(C)(CC(=O)O)CC(N)c1cc(Cl)c(Br)s1. The number of hydrogen-bond donors (Lipinski definition) is 2. The van der Waals surface area contributed by atoms with Crippen LogP contribution in [0.1, 0.15) is 37.6 Å². The quantitative estimate of drug-likeness (QED) is 0.849. The van der Waals surface area contributed by atoms with Crippen LogP contribution < -0.4 is 5.73 Å². The molecule has 0 bridgehead atoms. The number of carbonyl (C=O) groups is 1. The van der Waals surface area contributed by atoms with Crippen LogP contribution in [0.3, 0.4) is 0 Å². The van der Waals surface area contributed by atoms with Gasteiger partial charge < -0.3 is 10.8 Å². The van der Waals surface area contributed by atoms with Gasteiger partial charge in [-0.2, -0.15) is 0 Å². The highest BCUT2D eigenvalue weighted by Crippen LogP contribution is 2.39. The molecular weight excluding hydrogens is 326 g/mol. The number of nitrogens with two attached hydrogens (primary N) is 1. The minimum Gasteiger partial charge on any atom is -0.481 e. The summed E-state index contributed by atoms with van der Waals surface area (Å²) in [5, 5.41) is 9.46. The summed E-state index contributed by atoms with van der Waals surface area (Å²) < 4.78 is 0.862. The Bertz CT molecular complexity index is 400. The van der Waals surface area contributed by atoms with Crippen molar-refractivity contribution in [2.45, 2.75) is 32.7 Å². The van der Waals surface area contributed by atoms with Crippen LogP contribution in [0.15, 0.2) is 9.85 Å². The van der Waals surface area contributed by atoms with E-state index in [1.54, 1.807) is 0 Å². The normalized spacial score (nSPS) is 13.7. The zero-order valence-electron chi connectivity index (χ0n) is 9.67. The Morgan fingerprint density at radius 3 is 2.71 bits per heavy atom. The molecule has 1 heterocycles. The molecular formula is C11H15BrClNO2S. The van der Waals surface area contributed by atoms with E-state index in [9.17, 15) is 4.79 Å². The Morgan fingerprint density at radius 1 is 1.71 bits per heavy atom. The third-order valence-corrected chi connectivity index (χ3v) is 5.04. The molecule has 1 aromatic heterocycles. The van der Waals surface area contributed by atoms with Crippen LogP contribution in [0.2, 0.25) is 5.02 Å². The van der Waals surface area contributed by atoms with Crippen LogP contribution in [0.25, 0.3) is 0 Å². The van der Waals surface area contributed by atoms with E-state index in [1.807, 2.05) is 19.9 Å². The summed E-state index contributed by atoms with van der Waals surface area (Å²) in [6.45, 7) is 3.82. The summed E-state index contributed by atoms with van der Waals surface area (Å²) in [7, 11) is 0. The van der Waals surface area contributed by atoms with Crippen molar-refractivity contribution in [3.63, 3.8) is 0 Å². The molecule has 1 aromatic rings. The van der Waals surface area contributed by atoms with Crippen molar-refractivity contribution < 1.29 is 9.90 Å². The molecule has 0 aliphatic rings. The zero-order chi connectivity index (χ0) is 13.2. The highest BCUT2D eigenvalue weighted by Gasteiger charge is 2.26. The van der Waals surface area contributed by atoms with Gasteiger partial charge in [0.2, 0.25) is 0 Å². The number of halogens is 2. The van der Waals surface area contributed by atoms with Gasteiger partial charge in [-0.3, -0.25) is 4.79 Å². The number of rotatable bonds is 5. The lowest BCUT2D eigenvalue weighted by Gasteiger charge is -2.25. The van der Waals surface area contributed by atoms with Gasteiger partial charge in [0.1, 0.15) is 0 Å². The molecule has 6 heteroatoms. The lowest BCUT2D eigenvalue weighted by Crippen LogP contribution is -2.23. The van der Waals surface area contributed by atoms with Crippen LogP contribution in [0, 0.1) is 5.41 Å². The van der Waals surface area contributed by atoms with Crippen LogP contribution in [-0.2, 0) is 4.79 Å². The fourth-order valence-electron chi connectivity index (χ4n) is 1.72. The minimum absolute atomic E-state index is 0.112. The first-order chi connectivity index (χ1) is 7.71. The molecule has 3 N–H and O–H groups in total. The van der Waals surface area contributed by atoms with Gasteiger partial charge >= 0.3 is 5.97 Å². The average Bonchev–Trinajstić information content (AvgIpc) is 2.43. The van der Waals surface area contributed by atoms with Crippen molar-refractivity contribution >= 4 is 44.8 Å². The number of aliphatic carboxylic acids is 1. The number of thiophene rings is 1. The molecule has 0 spiro atoms. The second-order valence-electron chi connectivity index (χ2n) is 4.82. The Balaban J connectivity index is 2.71. The molecule has 1 unspecified atom stereocenters. The van der Waals surface area contributed by atoms with E-state index in [0.29, 0.717) is 11.4 Å². The first-order valence-electron chi connectivity index (χ1n) is 5.13. The Labute approximate surface area is 118 Å². The summed E-state index contributed by atoms with van der Waals surface area (Å²) >= 11 is 10.8. The van der Waals surface area contributed by atoms with Gasteiger partial charge in [-0.25, -0.2) is 0 Å². The maximum absolute atomic E-state index is 10.7. The maximum Gasteiger partial charge on any atom is 0.303 e. The summed E-state index contributed by atoms with van der Waals surface area (Å²) in [6.07, 6.45) is 0.726. The Morgan fingerprint density at radius 2 is 2.29 bits per heavy atom. The molecule has 1 rings (SSSR count). The predicted octanol–water partition coefficient (Wildman–Crippen LogP) is 4.05. The second-order valence-corrected chi connectivity index (χ2v) is 7.62. The highest BCUT2D eigenvalue weighted by molar-refractivity contribution is 9.11. The summed E-state index contributed by atoms with van der Waals surface area (Å²) in [4.78, 5) is 11.7. The summed E-state index contributed by atoms with van der Waals surface area (Å²) in [5.74, 6) is -0.799. The van der Waals surface area contributed by atoms with E-state index in [1.165, 1.54) is 11.3 Å². The predicted molar refractivity (Wildman–Crippen MR) is 74.6 cm³/mol. The van der Waals surface area contributed by atoms with Crippen molar-refractivity contribution in [1.82, 2.24) is 0 Å². The molecule has 3 nitrogen and oxygen atoms in total. The number of carboxylic acid groups (broad SMARTS) is 1. The van der Waals surface area contributed by atoms with E-state index in [0.717, 1.165) is 8.66 Å². The fraction of sp³-hybridized carbons (Fsp3) is 0.545. The topological polar surface area (TPSA) is 63.3 Å². The first-order valence-corrected chi connectivity index (χ1v) is 7.12. The third-order valence-electron chi connectivity index (χ3n) is 2.43. The molecule has 0 aromatic carbocycles. The van der Waals surface area contributed by atoms with E-state index >= 15 is 0 Å². The Kier molecular flexibility index (Phi) is 5.01. The van der Waals surface area contributed by atoms with Crippen LogP contribution >= 0.6 is 38.9 Å². The van der Waals surface area contributed by atoms with Crippen LogP contribution in [-0.4, -0.2) is 11.1 Å². The molecule has 96 valence electrons. The fourth-order valence-corrected chi connectivity index (χ4v) is 3.47. The smallest absolute Gasteiger partial charge is 0.303 e. The first kappa shape index (κ1) is 15.0. The average molecular weight is 341 g/mol. The van der Waals surface area contributed by atoms with Crippen molar-refractivity contribution in [1.29, 1.82) is 0 Å². The minimum atomic E-state index is -0.799. The van der Waals surface area contributed by atoms with Crippen molar-refractivity contribution in [2.24, 2.45) is 11.1 Å². The molecule has 0 saturated heterocycles. The van der Waals surface area contributed by atoms with Gasteiger partial charge in [-0.05, 0) is 33.8 Å². The Hall–Kier alpha value is -0.100. The van der Waals surface area contributed by atoms with E-state index < -0.39 is 5.97 Å². The van der Waals surface area contributed by atoms with Crippen molar-refractivity contribution in [3.8, 4) is 0 Å². The lowest BCUT2D eigenvalue weighted by atomic mass is 9.82. The van der Waals surface area contributed by atoms with Gasteiger partial charge in [0.05, 0.1) is 15.2 Å². The molecule has 0 aliphatic carbocycles. The monoisotopic (exact) mass is 339 g/mol. The molecule has 0 radical (unpaired) electrons. The third kappa shape index (κ3) is 4.58. The van der Waals surface area contributed by atoms with Gasteiger partial charge in [0.15, 0.2) is 0 Å². The largest absolute Gasteiger partial charge is 0.481 e. The van der Waals surface area contributed by atoms with Gasteiger partial charge in [-0.15, -0.1) is 11.3 Å². The molecule has 1 atom stereocenters. The maximum atomic E-state index is 10.7. The van der Waals surface area contributed by atoms with Crippen molar-refractivity contribution in [3.05, 3.63) is 19.8 Å². The number of carboxylic acids is 1. The standard InChI is InChI=1S/C11H15BrClNO2S/c1-11(2,5-9(15)16)4-7(14)8-3-6(13)10(12)17-8/h3,7H,4-5,14H2,1-2H3,(H,15,16). The van der Waals surface area contributed by atoms with Crippen LogP contribution in [0.5, 0.6) is 0 Å². The molecule has 17 heavy (non-hydrogen) atoms. The molecule has 0 fully saturated rings. The lowest BCUT2D eigenvalue weighted by molar-refractivity contribution is -0.139. The molecule has 0 amide bonds. The highest BCUT2D eigenvalue weighted by atomic mass is 79.9. The van der Waals surface area contributed by atoms with E-state index in [4.69, 9.17) is 22.4 Å². The molecule has 0 aliphatic heterocycles. The molecule has 0 saturated carbocycles. The van der Waals surface area contributed by atoms with E-state index in [-0.39, 0.29) is 17.9 Å². The van der Waals surface area contributed by atoms with Gasteiger partial charge in [0.25, 0.3) is 0 Å². The van der Waals surface area contributed by atoms with E-state index in [2.05, 4.69) is 15.9 Å². The van der Waals surface area contributed by atoms with Crippen molar-refractivity contribution in [2.75, 3.05) is 0 Å². The van der Waals surface area contributed by atoms with Crippen LogP contribution in [0.4, 0.5) is 0 Å².